The summed E-state index contributed by atoms with van der Waals surface area (Å²) in [6.45, 7) is 3.59. The third kappa shape index (κ3) is 4.60. The fraction of sp³-hybridized carbons (Fsp3) is 0.300. The van der Waals surface area contributed by atoms with Crippen molar-refractivity contribution in [3.8, 4) is 11.4 Å². The van der Waals surface area contributed by atoms with E-state index in [0.29, 0.717) is 24.8 Å². The number of thioether (sulfide) groups is 1. The number of anilines is 1. The first kappa shape index (κ1) is 19.1. The predicted octanol–water partition coefficient (Wildman–Crippen LogP) is 3.93. The Bertz CT molecular complexity index is 900. The maximum atomic E-state index is 6.00. The van der Waals surface area contributed by atoms with E-state index < -0.39 is 0 Å². The molecular formula is C20H21ClN4O2S. The Labute approximate surface area is 173 Å². The SMILES string of the molecule is Clc1cccc(OCCSc2nnc(N3CCOCC3)n2-c2ccccc2)c1. The van der Waals surface area contributed by atoms with Gasteiger partial charge in [0.25, 0.3) is 0 Å². The van der Waals surface area contributed by atoms with E-state index in [1.54, 1.807) is 11.8 Å². The Morgan fingerprint density at radius 1 is 1.04 bits per heavy atom. The molecular weight excluding hydrogens is 396 g/mol. The lowest BCUT2D eigenvalue weighted by molar-refractivity contribution is 0.122. The summed E-state index contributed by atoms with van der Waals surface area (Å²) in [6, 6.07) is 17.6. The average Bonchev–Trinajstić information content (AvgIpc) is 3.16. The van der Waals surface area contributed by atoms with Gasteiger partial charge in [0.05, 0.1) is 25.5 Å². The molecule has 3 aromatic rings. The average molecular weight is 417 g/mol. The van der Waals surface area contributed by atoms with Crippen molar-refractivity contribution < 1.29 is 9.47 Å². The van der Waals surface area contributed by atoms with E-state index in [0.717, 1.165) is 41.4 Å². The zero-order chi connectivity index (χ0) is 19.2. The van der Waals surface area contributed by atoms with Gasteiger partial charge in [-0.15, -0.1) is 10.2 Å². The maximum Gasteiger partial charge on any atom is 0.232 e. The van der Waals surface area contributed by atoms with Gasteiger partial charge in [-0.2, -0.15) is 0 Å². The van der Waals surface area contributed by atoms with E-state index in [1.165, 1.54) is 0 Å². The van der Waals surface area contributed by atoms with E-state index in [4.69, 9.17) is 21.1 Å². The summed E-state index contributed by atoms with van der Waals surface area (Å²) in [4.78, 5) is 2.22. The summed E-state index contributed by atoms with van der Waals surface area (Å²) in [5.74, 6) is 2.38. The minimum Gasteiger partial charge on any atom is -0.493 e. The van der Waals surface area contributed by atoms with Gasteiger partial charge in [0.15, 0.2) is 5.16 Å². The lowest BCUT2D eigenvalue weighted by atomic mass is 10.3. The second-order valence-corrected chi connectivity index (χ2v) is 7.71. The van der Waals surface area contributed by atoms with Crippen molar-refractivity contribution in [2.45, 2.75) is 5.16 Å². The largest absolute Gasteiger partial charge is 0.493 e. The van der Waals surface area contributed by atoms with E-state index in [2.05, 4.69) is 31.8 Å². The third-order valence-electron chi connectivity index (χ3n) is 4.30. The van der Waals surface area contributed by atoms with Crippen LogP contribution in [-0.4, -0.2) is 53.4 Å². The zero-order valence-electron chi connectivity index (χ0n) is 15.3. The molecule has 0 unspecified atom stereocenters. The Morgan fingerprint density at radius 2 is 1.86 bits per heavy atom. The molecule has 28 heavy (non-hydrogen) atoms. The van der Waals surface area contributed by atoms with Crippen LogP contribution in [-0.2, 0) is 4.74 Å². The Hall–Kier alpha value is -2.22. The molecule has 4 rings (SSSR count). The first-order valence-electron chi connectivity index (χ1n) is 9.16. The Morgan fingerprint density at radius 3 is 2.64 bits per heavy atom. The summed E-state index contributed by atoms with van der Waals surface area (Å²) in [6.07, 6.45) is 0. The normalized spacial score (nSPS) is 14.2. The van der Waals surface area contributed by atoms with E-state index in [-0.39, 0.29) is 0 Å². The fourth-order valence-corrected chi connectivity index (χ4v) is 3.92. The molecule has 146 valence electrons. The van der Waals surface area contributed by atoms with Gasteiger partial charge in [-0.05, 0) is 30.3 Å². The molecule has 0 atom stereocenters. The van der Waals surface area contributed by atoms with Crippen molar-refractivity contribution >= 4 is 29.3 Å². The number of aromatic nitrogens is 3. The van der Waals surface area contributed by atoms with Crippen molar-refractivity contribution in [3.63, 3.8) is 0 Å². The molecule has 0 bridgehead atoms. The minimum atomic E-state index is 0.555. The monoisotopic (exact) mass is 416 g/mol. The number of hydrogen-bond acceptors (Lipinski definition) is 6. The van der Waals surface area contributed by atoms with Gasteiger partial charge in [0.2, 0.25) is 5.95 Å². The molecule has 1 aliphatic rings. The topological polar surface area (TPSA) is 52.4 Å². The number of para-hydroxylation sites is 1. The number of hydrogen-bond donors (Lipinski definition) is 0. The van der Waals surface area contributed by atoms with Crippen LogP contribution in [0.2, 0.25) is 5.02 Å². The first-order chi connectivity index (χ1) is 13.8. The lowest BCUT2D eigenvalue weighted by Crippen LogP contribution is -2.37. The molecule has 6 nitrogen and oxygen atoms in total. The van der Waals surface area contributed by atoms with Crippen LogP contribution in [0.25, 0.3) is 5.69 Å². The molecule has 2 heterocycles. The molecule has 1 aromatic heterocycles. The summed E-state index contributed by atoms with van der Waals surface area (Å²) < 4.78 is 13.4. The van der Waals surface area contributed by atoms with Crippen molar-refractivity contribution in [3.05, 3.63) is 59.6 Å². The lowest BCUT2D eigenvalue weighted by Gasteiger charge is -2.27. The molecule has 1 fully saturated rings. The molecule has 0 spiro atoms. The maximum absolute atomic E-state index is 6.00. The van der Waals surface area contributed by atoms with Gasteiger partial charge in [-0.3, -0.25) is 4.57 Å². The number of nitrogens with zero attached hydrogens (tertiary/aromatic N) is 4. The van der Waals surface area contributed by atoms with Crippen LogP contribution in [0.15, 0.2) is 59.8 Å². The second kappa shape index (κ2) is 9.32. The van der Waals surface area contributed by atoms with Gasteiger partial charge < -0.3 is 14.4 Å². The molecule has 0 aliphatic carbocycles. The second-order valence-electron chi connectivity index (χ2n) is 6.21. The van der Waals surface area contributed by atoms with Crippen molar-refractivity contribution in [2.24, 2.45) is 0 Å². The highest BCUT2D eigenvalue weighted by molar-refractivity contribution is 7.99. The third-order valence-corrected chi connectivity index (χ3v) is 5.43. The molecule has 0 radical (unpaired) electrons. The van der Waals surface area contributed by atoms with Gasteiger partial charge in [-0.25, -0.2) is 0 Å². The Balaban J connectivity index is 1.47. The molecule has 0 N–H and O–H groups in total. The van der Waals surface area contributed by atoms with Gasteiger partial charge in [-0.1, -0.05) is 47.6 Å². The van der Waals surface area contributed by atoms with E-state index in [1.807, 2.05) is 42.5 Å². The van der Waals surface area contributed by atoms with Crippen LogP contribution in [0, 0.1) is 0 Å². The molecule has 1 aliphatic heterocycles. The number of ether oxygens (including phenoxy) is 2. The van der Waals surface area contributed by atoms with Crippen molar-refractivity contribution in [1.29, 1.82) is 0 Å². The summed E-state index contributed by atoms with van der Waals surface area (Å²) in [5.41, 5.74) is 1.05. The summed E-state index contributed by atoms with van der Waals surface area (Å²) >= 11 is 7.62. The highest BCUT2D eigenvalue weighted by Crippen LogP contribution is 2.27. The molecule has 2 aromatic carbocycles. The number of rotatable bonds is 7. The molecule has 0 saturated carbocycles. The standard InChI is InChI=1S/C20H21ClN4O2S/c21-16-5-4-8-18(15-16)27-13-14-28-20-23-22-19(24-9-11-26-12-10-24)25(20)17-6-2-1-3-7-17/h1-8,15H,9-14H2. The van der Waals surface area contributed by atoms with E-state index in [9.17, 15) is 0 Å². The molecule has 1 saturated heterocycles. The minimum absolute atomic E-state index is 0.555. The van der Waals surface area contributed by atoms with Gasteiger partial charge in [0, 0.05) is 23.9 Å². The van der Waals surface area contributed by atoms with E-state index >= 15 is 0 Å². The zero-order valence-corrected chi connectivity index (χ0v) is 16.9. The molecule has 8 heteroatoms. The van der Waals surface area contributed by atoms with Crippen LogP contribution >= 0.6 is 23.4 Å². The summed E-state index contributed by atoms with van der Waals surface area (Å²) in [7, 11) is 0. The number of halogens is 1. The van der Waals surface area contributed by atoms with Gasteiger partial charge in [0.1, 0.15) is 5.75 Å². The fourth-order valence-electron chi connectivity index (χ4n) is 2.98. The number of morpholine rings is 1. The predicted molar refractivity (Wildman–Crippen MR) is 112 cm³/mol. The van der Waals surface area contributed by atoms with Crippen molar-refractivity contribution in [2.75, 3.05) is 43.6 Å². The smallest absolute Gasteiger partial charge is 0.232 e. The first-order valence-corrected chi connectivity index (χ1v) is 10.5. The van der Waals surface area contributed by atoms with Crippen molar-refractivity contribution in [1.82, 2.24) is 14.8 Å². The highest BCUT2D eigenvalue weighted by atomic mass is 35.5. The highest BCUT2D eigenvalue weighted by Gasteiger charge is 2.21. The summed E-state index contributed by atoms with van der Waals surface area (Å²) in [5, 5.41) is 10.4. The quantitative estimate of drug-likeness (QED) is 0.429. The van der Waals surface area contributed by atoms with Crippen LogP contribution < -0.4 is 9.64 Å². The van der Waals surface area contributed by atoms with Crippen LogP contribution in [0.4, 0.5) is 5.95 Å². The number of benzene rings is 2. The van der Waals surface area contributed by atoms with Crippen LogP contribution in [0.3, 0.4) is 0 Å². The van der Waals surface area contributed by atoms with Crippen LogP contribution in [0.5, 0.6) is 5.75 Å². The van der Waals surface area contributed by atoms with Crippen LogP contribution in [0.1, 0.15) is 0 Å². The Kier molecular flexibility index (Phi) is 6.36. The van der Waals surface area contributed by atoms with Gasteiger partial charge >= 0.3 is 0 Å². The molecule has 0 amide bonds.